The molecule has 5 N–H and O–H groups in total. The van der Waals surface area contributed by atoms with Gasteiger partial charge in [0.1, 0.15) is 0 Å². The fraction of sp³-hybridized carbons (Fsp3) is 0.455. The Morgan fingerprint density at radius 2 is 2.00 bits per heavy atom. The topological polar surface area (TPSA) is 149 Å². The molecule has 20 heavy (non-hydrogen) atoms. The van der Waals surface area contributed by atoms with Crippen LogP contribution in [0.1, 0.15) is 5.56 Å². The lowest BCUT2D eigenvalue weighted by atomic mass is 10.1. The van der Waals surface area contributed by atoms with E-state index in [1.54, 1.807) is 0 Å². The van der Waals surface area contributed by atoms with Gasteiger partial charge < -0.3 is 15.8 Å². The highest BCUT2D eigenvalue weighted by molar-refractivity contribution is 5.83. The molecule has 0 aliphatic heterocycles. The Bertz CT molecular complexity index is 591. The molecule has 1 aromatic rings. The lowest BCUT2D eigenvalue weighted by molar-refractivity contribution is -0.138. The molecule has 9 nitrogen and oxygen atoms in total. The maximum Gasteiger partial charge on any atom is 0.325 e. The molecule has 0 aromatic carbocycles. The summed E-state index contributed by atoms with van der Waals surface area (Å²) in [6.45, 7) is 0.0623. The molecule has 0 aliphatic carbocycles. The number of aromatic amines is 2. The van der Waals surface area contributed by atoms with Gasteiger partial charge in [-0.25, -0.2) is 4.79 Å². The van der Waals surface area contributed by atoms with E-state index in [0.29, 0.717) is 0 Å². The summed E-state index contributed by atoms with van der Waals surface area (Å²) in [7, 11) is 0. The minimum atomic E-state index is -1.06. The van der Waals surface area contributed by atoms with Gasteiger partial charge in [0.05, 0.1) is 13.1 Å². The van der Waals surface area contributed by atoms with Crippen molar-refractivity contribution in [1.82, 2.24) is 14.9 Å². The van der Waals surface area contributed by atoms with Crippen LogP contribution in [-0.2, 0) is 16.0 Å². The molecule has 0 bridgehead atoms. The first-order valence-electron chi connectivity index (χ1n) is 5.89. The van der Waals surface area contributed by atoms with Crippen molar-refractivity contribution in [1.29, 1.82) is 0 Å². The number of aliphatic carboxylic acids is 1. The number of carbonyl (C=O) groups excluding carboxylic acids is 1. The van der Waals surface area contributed by atoms with E-state index in [0.717, 1.165) is 0 Å². The van der Waals surface area contributed by atoms with E-state index < -0.39 is 17.2 Å². The molecule has 110 valence electrons. The lowest BCUT2D eigenvalue weighted by Gasteiger charge is -2.18. The Labute approximate surface area is 113 Å². The predicted molar refractivity (Wildman–Crippen MR) is 69.5 cm³/mol. The number of hydrogen-bond acceptors (Lipinski definition) is 6. The number of nitrogens with one attached hydrogen (secondary N) is 2. The van der Waals surface area contributed by atoms with E-state index in [1.807, 2.05) is 4.98 Å². The van der Waals surface area contributed by atoms with Crippen LogP contribution < -0.4 is 17.0 Å². The Balaban J connectivity index is 2.67. The summed E-state index contributed by atoms with van der Waals surface area (Å²) in [4.78, 5) is 50.3. The van der Waals surface area contributed by atoms with Crippen LogP contribution in [0.5, 0.6) is 0 Å². The van der Waals surface area contributed by atoms with E-state index in [2.05, 4.69) is 4.98 Å². The largest absolute Gasteiger partial charge is 0.480 e. The molecular formula is C11H16N4O5. The molecule has 9 heteroatoms. The lowest BCUT2D eigenvalue weighted by Crippen LogP contribution is -2.39. The second-order valence-corrected chi connectivity index (χ2v) is 4.21. The van der Waals surface area contributed by atoms with Crippen molar-refractivity contribution in [2.24, 2.45) is 5.73 Å². The number of rotatable bonds is 8. The average molecular weight is 284 g/mol. The van der Waals surface area contributed by atoms with Crippen molar-refractivity contribution in [3.05, 3.63) is 32.6 Å². The Morgan fingerprint density at radius 3 is 2.55 bits per heavy atom. The first-order valence-corrected chi connectivity index (χ1v) is 5.89. The van der Waals surface area contributed by atoms with Crippen molar-refractivity contribution in [2.45, 2.75) is 6.42 Å². The minimum Gasteiger partial charge on any atom is -0.480 e. The Kier molecular flexibility index (Phi) is 5.81. The number of carboxylic acid groups (broad SMARTS) is 1. The van der Waals surface area contributed by atoms with Gasteiger partial charge in [-0.3, -0.25) is 24.3 Å². The number of Topliss-reactive ketones (excluding diaryl/α,β-unsaturated/α-hetero) is 1. The summed E-state index contributed by atoms with van der Waals surface area (Å²) >= 11 is 0. The van der Waals surface area contributed by atoms with Crippen molar-refractivity contribution in [3.63, 3.8) is 0 Å². The predicted octanol–water partition coefficient (Wildman–Crippen LogP) is -2.48. The second kappa shape index (κ2) is 7.36. The van der Waals surface area contributed by atoms with E-state index in [1.165, 1.54) is 11.1 Å². The smallest absolute Gasteiger partial charge is 0.325 e. The number of carboxylic acids is 1. The molecule has 1 heterocycles. The Hall–Kier alpha value is -2.26. The first kappa shape index (κ1) is 15.8. The number of hydrogen-bond donors (Lipinski definition) is 4. The molecule has 0 saturated carbocycles. The minimum absolute atomic E-state index is 0.123. The summed E-state index contributed by atoms with van der Waals surface area (Å²) in [6, 6.07) is 0. The van der Waals surface area contributed by atoms with Gasteiger partial charge >= 0.3 is 11.7 Å². The molecule has 0 unspecified atom stereocenters. The van der Waals surface area contributed by atoms with E-state index >= 15 is 0 Å². The van der Waals surface area contributed by atoms with Gasteiger partial charge in [0.2, 0.25) is 0 Å². The number of nitrogens with zero attached hydrogens (tertiary/aromatic N) is 1. The van der Waals surface area contributed by atoms with Crippen molar-refractivity contribution in [3.8, 4) is 0 Å². The third kappa shape index (κ3) is 5.16. The zero-order valence-electron chi connectivity index (χ0n) is 10.7. The van der Waals surface area contributed by atoms with Crippen LogP contribution in [0.4, 0.5) is 0 Å². The van der Waals surface area contributed by atoms with E-state index in [9.17, 15) is 19.2 Å². The summed E-state index contributed by atoms with van der Waals surface area (Å²) in [5, 5.41) is 8.70. The molecule has 0 saturated heterocycles. The average Bonchev–Trinajstić information content (AvgIpc) is 2.32. The Morgan fingerprint density at radius 1 is 1.30 bits per heavy atom. The van der Waals surface area contributed by atoms with Crippen LogP contribution in [-0.4, -0.2) is 57.9 Å². The molecule has 0 amide bonds. The van der Waals surface area contributed by atoms with Gasteiger partial charge in [-0.1, -0.05) is 0 Å². The number of nitrogens with two attached hydrogens (primary N) is 1. The molecule has 0 fully saturated rings. The van der Waals surface area contributed by atoms with E-state index in [-0.39, 0.29) is 43.9 Å². The van der Waals surface area contributed by atoms with Crippen molar-refractivity contribution in [2.75, 3.05) is 26.2 Å². The number of carbonyl (C=O) groups is 2. The normalized spacial score (nSPS) is 10.7. The SMILES string of the molecule is NCCN(CC(=O)O)CC(=O)Cc1c[nH]c(=O)[nH]c1=O. The first-order chi connectivity index (χ1) is 9.42. The zero-order chi connectivity index (χ0) is 15.1. The highest BCUT2D eigenvalue weighted by Crippen LogP contribution is 1.94. The quantitative estimate of drug-likeness (QED) is 0.413. The van der Waals surface area contributed by atoms with Crippen LogP contribution in [0.2, 0.25) is 0 Å². The summed E-state index contributed by atoms with van der Waals surface area (Å²) in [5.41, 5.74) is 4.17. The second-order valence-electron chi connectivity index (χ2n) is 4.21. The molecule has 0 spiro atoms. The van der Waals surface area contributed by atoms with Gasteiger partial charge in [0.25, 0.3) is 5.56 Å². The number of H-pyrrole nitrogens is 2. The zero-order valence-corrected chi connectivity index (χ0v) is 10.7. The van der Waals surface area contributed by atoms with Crippen molar-refractivity contribution >= 4 is 11.8 Å². The third-order valence-corrected chi connectivity index (χ3v) is 2.49. The fourth-order valence-corrected chi connectivity index (χ4v) is 1.67. The van der Waals surface area contributed by atoms with Gasteiger partial charge in [-0.15, -0.1) is 0 Å². The molecule has 0 atom stereocenters. The van der Waals surface area contributed by atoms with Gasteiger partial charge in [-0.05, 0) is 0 Å². The van der Waals surface area contributed by atoms with Gasteiger partial charge in [0.15, 0.2) is 5.78 Å². The molecular weight excluding hydrogens is 268 g/mol. The van der Waals surface area contributed by atoms with E-state index in [4.69, 9.17) is 10.8 Å². The van der Waals surface area contributed by atoms with Gasteiger partial charge in [-0.2, -0.15) is 0 Å². The van der Waals surface area contributed by atoms with Crippen LogP contribution >= 0.6 is 0 Å². The maximum atomic E-state index is 11.8. The van der Waals surface area contributed by atoms with Gasteiger partial charge in [0, 0.05) is 31.3 Å². The third-order valence-electron chi connectivity index (χ3n) is 2.49. The maximum absolute atomic E-state index is 11.8. The standard InChI is InChI=1S/C11H16N4O5/c12-1-2-15(6-9(17)18)5-8(16)3-7-4-13-11(20)14-10(7)19/h4H,1-3,5-6,12H2,(H,17,18)(H2,13,14,19,20). The summed E-state index contributed by atoms with van der Waals surface area (Å²) < 4.78 is 0. The molecule has 0 aliphatic rings. The van der Waals surface area contributed by atoms with Crippen molar-refractivity contribution < 1.29 is 14.7 Å². The molecule has 1 aromatic heterocycles. The fourth-order valence-electron chi connectivity index (χ4n) is 1.67. The van der Waals surface area contributed by atoms with Crippen LogP contribution in [0.3, 0.4) is 0 Å². The van der Waals surface area contributed by atoms with Crippen LogP contribution in [0.15, 0.2) is 15.8 Å². The highest BCUT2D eigenvalue weighted by Gasteiger charge is 2.15. The van der Waals surface area contributed by atoms with Crippen LogP contribution in [0.25, 0.3) is 0 Å². The van der Waals surface area contributed by atoms with Crippen LogP contribution in [0, 0.1) is 0 Å². The molecule has 1 rings (SSSR count). The molecule has 0 radical (unpaired) electrons. The monoisotopic (exact) mass is 284 g/mol. The number of aromatic nitrogens is 2. The highest BCUT2D eigenvalue weighted by atomic mass is 16.4. The summed E-state index contributed by atoms with van der Waals surface area (Å²) in [6.07, 6.45) is 0.982. The number of ketones is 1. The summed E-state index contributed by atoms with van der Waals surface area (Å²) in [5.74, 6) is -1.40.